The minimum atomic E-state index is -4.08. The molecule has 1 N–H and O–H groups in total. The summed E-state index contributed by atoms with van der Waals surface area (Å²) in [6, 6.07) is 14.8. The quantitative estimate of drug-likeness (QED) is 0.533. The number of amides is 1. The number of rotatable bonds is 9. The number of benzene rings is 2. The van der Waals surface area contributed by atoms with Gasteiger partial charge in [0.2, 0.25) is 5.91 Å². The van der Waals surface area contributed by atoms with Crippen molar-refractivity contribution >= 4 is 21.6 Å². The molecular weight excluding hydrogens is 430 g/mol. The van der Waals surface area contributed by atoms with Gasteiger partial charge in [-0.15, -0.1) is 0 Å². The third-order valence-corrected chi connectivity index (χ3v) is 6.54. The second-order valence-electron chi connectivity index (χ2n) is 7.00. The van der Waals surface area contributed by atoms with Gasteiger partial charge in [0.15, 0.2) is 0 Å². The number of sulfonamides is 1. The maximum Gasteiger partial charge on any atom is 0.264 e. The van der Waals surface area contributed by atoms with Gasteiger partial charge in [0, 0.05) is 25.0 Å². The van der Waals surface area contributed by atoms with Crippen LogP contribution in [0.2, 0.25) is 0 Å². The van der Waals surface area contributed by atoms with Crippen molar-refractivity contribution in [2.24, 2.45) is 0 Å². The first-order valence-electron chi connectivity index (χ1n) is 9.82. The summed E-state index contributed by atoms with van der Waals surface area (Å²) in [7, 11) is -1.17. The van der Waals surface area contributed by atoms with E-state index in [2.05, 4.69) is 10.3 Å². The Balaban J connectivity index is 1.98. The topological polar surface area (TPSA) is 97.8 Å². The van der Waals surface area contributed by atoms with Gasteiger partial charge in [0.05, 0.1) is 24.8 Å². The highest BCUT2D eigenvalue weighted by Crippen LogP contribution is 2.35. The van der Waals surface area contributed by atoms with E-state index in [0.29, 0.717) is 11.5 Å². The highest BCUT2D eigenvalue weighted by atomic mass is 32.2. The molecule has 32 heavy (non-hydrogen) atoms. The van der Waals surface area contributed by atoms with E-state index in [4.69, 9.17) is 9.47 Å². The molecule has 168 valence electrons. The van der Waals surface area contributed by atoms with Crippen molar-refractivity contribution in [1.29, 1.82) is 0 Å². The summed E-state index contributed by atoms with van der Waals surface area (Å²) in [6.07, 6.45) is 3.27. The molecule has 3 rings (SSSR count). The van der Waals surface area contributed by atoms with Crippen LogP contribution in [0.5, 0.6) is 11.5 Å². The summed E-state index contributed by atoms with van der Waals surface area (Å²) in [5.74, 6) is 0.247. The van der Waals surface area contributed by atoms with Crippen molar-refractivity contribution < 1.29 is 22.7 Å². The third kappa shape index (κ3) is 5.36. The van der Waals surface area contributed by atoms with Crippen LogP contribution in [0.3, 0.4) is 0 Å². The summed E-state index contributed by atoms with van der Waals surface area (Å²) in [5, 5.41) is 2.74. The average molecular weight is 456 g/mol. The van der Waals surface area contributed by atoms with Crippen LogP contribution >= 0.6 is 0 Å². The number of nitrogens with one attached hydrogen (secondary N) is 1. The van der Waals surface area contributed by atoms with E-state index >= 15 is 0 Å². The zero-order valence-electron chi connectivity index (χ0n) is 18.1. The van der Waals surface area contributed by atoms with E-state index < -0.39 is 22.5 Å². The van der Waals surface area contributed by atoms with Gasteiger partial charge in [-0.1, -0.05) is 23.8 Å². The van der Waals surface area contributed by atoms with Crippen molar-refractivity contribution in [1.82, 2.24) is 10.3 Å². The molecule has 0 spiro atoms. The molecule has 3 aromatic rings. The Morgan fingerprint density at radius 2 is 1.81 bits per heavy atom. The maximum absolute atomic E-state index is 13.6. The van der Waals surface area contributed by atoms with Crippen LogP contribution in [0.15, 0.2) is 71.9 Å². The molecule has 0 bridgehead atoms. The number of anilines is 1. The molecule has 0 saturated heterocycles. The van der Waals surface area contributed by atoms with Crippen LogP contribution < -0.4 is 19.1 Å². The number of nitrogens with zero attached hydrogens (tertiary/aromatic N) is 2. The fourth-order valence-electron chi connectivity index (χ4n) is 3.02. The largest absolute Gasteiger partial charge is 0.497 e. The number of methoxy groups -OCH3 is 2. The summed E-state index contributed by atoms with van der Waals surface area (Å²) < 4.78 is 38.8. The van der Waals surface area contributed by atoms with Gasteiger partial charge in [0.1, 0.15) is 18.0 Å². The highest BCUT2D eigenvalue weighted by Gasteiger charge is 2.30. The Hall–Kier alpha value is -3.59. The predicted molar refractivity (Wildman–Crippen MR) is 121 cm³/mol. The molecule has 0 radical (unpaired) electrons. The second-order valence-corrected chi connectivity index (χ2v) is 8.86. The van der Waals surface area contributed by atoms with Crippen LogP contribution in [0.1, 0.15) is 11.1 Å². The van der Waals surface area contributed by atoms with E-state index in [9.17, 15) is 13.2 Å². The van der Waals surface area contributed by atoms with Gasteiger partial charge in [-0.3, -0.25) is 14.1 Å². The number of aromatic nitrogens is 1. The number of carbonyl (C=O) groups is 1. The molecule has 1 amide bonds. The van der Waals surface area contributed by atoms with Gasteiger partial charge >= 0.3 is 0 Å². The molecule has 8 nitrogen and oxygen atoms in total. The van der Waals surface area contributed by atoms with Crippen molar-refractivity contribution in [3.63, 3.8) is 0 Å². The minimum absolute atomic E-state index is 0.0630. The first-order valence-corrected chi connectivity index (χ1v) is 11.3. The standard InChI is InChI=1S/C23H25N3O5S/c1-17-6-9-20(10-7-17)32(28,29)26(21-13-19(30-2)8-11-22(21)31-3)16-23(27)25-15-18-5-4-12-24-14-18/h4-14H,15-16H2,1-3H3,(H,25,27). The van der Waals surface area contributed by atoms with Crippen LogP contribution in [-0.2, 0) is 21.4 Å². The van der Waals surface area contributed by atoms with E-state index in [1.54, 1.807) is 42.7 Å². The summed E-state index contributed by atoms with van der Waals surface area (Å²) in [6.45, 7) is 1.64. The molecule has 1 aromatic heterocycles. The molecule has 9 heteroatoms. The Kier molecular flexibility index (Phi) is 7.32. The lowest BCUT2D eigenvalue weighted by atomic mass is 10.2. The van der Waals surface area contributed by atoms with Crippen LogP contribution in [0.25, 0.3) is 0 Å². The second kappa shape index (κ2) is 10.1. The van der Waals surface area contributed by atoms with Crippen LogP contribution in [0.4, 0.5) is 5.69 Å². The smallest absolute Gasteiger partial charge is 0.264 e. The zero-order valence-corrected chi connectivity index (χ0v) is 18.9. The third-order valence-electron chi connectivity index (χ3n) is 4.76. The lowest BCUT2D eigenvalue weighted by Gasteiger charge is -2.26. The molecule has 0 unspecified atom stereocenters. The Morgan fingerprint density at radius 3 is 2.44 bits per heavy atom. The van der Waals surface area contributed by atoms with Crippen LogP contribution in [0, 0.1) is 6.92 Å². The van der Waals surface area contributed by atoms with Gasteiger partial charge in [-0.2, -0.15) is 0 Å². The summed E-state index contributed by atoms with van der Waals surface area (Å²) >= 11 is 0. The molecule has 0 saturated carbocycles. The van der Waals surface area contributed by atoms with E-state index in [-0.39, 0.29) is 17.1 Å². The molecule has 2 aromatic carbocycles. The minimum Gasteiger partial charge on any atom is -0.497 e. The number of ether oxygens (including phenoxy) is 2. The lowest BCUT2D eigenvalue weighted by Crippen LogP contribution is -2.40. The normalized spacial score (nSPS) is 11.0. The van der Waals surface area contributed by atoms with Crippen molar-refractivity contribution in [2.45, 2.75) is 18.4 Å². The fraction of sp³-hybridized carbons (Fsp3) is 0.217. The van der Waals surface area contributed by atoms with E-state index in [0.717, 1.165) is 15.4 Å². The fourth-order valence-corrected chi connectivity index (χ4v) is 4.44. The van der Waals surface area contributed by atoms with Gasteiger partial charge in [-0.25, -0.2) is 8.42 Å². The van der Waals surface area contributed by atoms with Gasteiger partial charge in [0.25, 0.3) is 10.0 Å². The van der Waals surface area contributed by atoms with Gasteiger partial charge in [-0.05, 0) is 42.8 Å². The maximum atomic E-state index is 13.6. The summed E-state index contributed by atoms with van der Waals surface area (Å²) in [5.41, 5.74) is 1.92. The Morgan fingerprint density at radius 1 is 1.06 bits per heavy atom. The zero-order chi connectivity index (χ0) is 23.1. The summed E-state index contributed by atoms with van der Waals surface area (Å²) in [4.78, 5) is 16.9. The van der Waals surface area contributed by atoms with Crippen LogP contribution in [-0.4, -0.2) is 40.1 Å². The molecule has 0 fully saturated rings. The molecule has 0 aliphatic rings. The SMILES string of the molecule is COc1ccc(OC)c(N(CC(=O)NCc2cccnc2)S(=O)(=O)c2ccc(C)cc2)c1. The monoisotopic (exact) mass is 455 g/mol. The number of pyridine rings is 1. The average Bonchev–Trinajstić information content (AvgIpc) is 2.81. The highest BCUT2D eigenvalue weighted by molar-refractivity contribution is 7.92. The number of aryl methyl sites for hydroxylation is 1. The first kappa shape index (κ1) is 23.1. The molecule has 0 aliphatic carbocycles. The van der Waals surface area contributed by atoms with Crippen molar-refractivity contribution in [2.75, 3.05) is 25.1 Å². The van der Waals surface area contributed by atoms with E-state index in [1.165, 1.54) is 32.4 Å². The lowest BCUT2D eigenvalue weighted by molar-refractivity contribution is -0.119. The van der Waals surface area contributed by atoms with Gasteiger partial charge < -0.3 is 14.8 Å². The molecule has 0 atom stereocenters. The van der Waals surface area contributed by atoms with Crippen molar-refractivity contribution in [3.05, 3.63) is 78.1 Å². The Labute approximate surface area is 187 Å². The molecular formula is C23H25N3O5S. The number of hydrogen-bond donors (Lipinski definition) is 1. The van der Waals surface area contributed by atoms with Crippen molar-refractivity contribution in [3.8, 4) is 11.5 Å². The molecule has 1 heterocycles. The number of hydrogen-bond acceptors (Lipinski definition) is 6. The Bertz CT molecular complexity index is 1170. The molecule has 0 aliphatic heterocycles. The van der Waals surface area contributed by atoms with E-state index in [1.807, 2.05) is 13.0 Å². The predicted octanol–water partition coefficient (Wildman–Crippen LogP) is 2.92. The first-order chi connectivity index (χ1) is 15.3. The number of carbonyl (C=O) groups excluding carboxylic acids is 1.